The molecule has 0 fully saturated rings. The summed E-state index contributed by atoms with van der Waals surface area (Å²) in [6.07, 6.45) is 1.92. The Bertz CT molecular complexity index is 947. The molecule has 0 unspecified atom stereocenters. The van der Waals surface area contributed by atoms with Crippen LogP contribution in [0.4, 0.5) is 13.2 Å². The van der Waals surface area contributed by atoms with Crippen molar-refractivity contribution in [3.05, 3.63) is 65.5 Å². The summed E-state index contributed by atoms with van der Waals surface area (Å²) in [5, 5.41) is 0. The zero-order valence-electron chi connectivity index (χ0n) is 14.7. The summed E-state index contributed by atoms with van der Waals surface area (Å²) in [5.41, 5.74) is 1.91. The van der Waals surface area contributed by atoms with Gasteiger partial charge >= 0.3 is 6.18 Å². The van der Waals surface area contributed by atoms with Gasteiger partial charge in [0.2, 0.25) is 0 Å². The van der Waals surface area contributed by atoms with Crippen molar-refractivity contribution in [3.63, 3.8) is 0 Å². The van der Waals surface area contributed by atoms with Crippen LogP contribution in [0.5, 0.6) is 0 Å². The number of fused-ring (bicyclic) bond motifs is 1. The Labute approximate surface area is 154 Å². The molecule has 3 heterocycles. The summed E-state index contributed by atoms with van der Waals surface area (Å²) >= 11 is 0. The topological polar surface area (TPSA) is 46.8 Å². The van der Waals surface area contributed by atoms with Gasteiger partial charge in [0, 0.05) is 56.3 Å². The third-order valence-corrected chi connectivity index (χ3v) is 4.77. The standard InChI is InChI=1S/C19H18F3N5/c1-26-9-7-23-17(26)12-27-8-6-16-14(11-27)10-24-18(25-16)13-2-4-15(5-3-13)19(20,21)22/h2-5,7,9-10H,6,8,11-12H2,1H3. The Hall–Kier alpha value is -2.74. The third-order valence-electron chi connectivity index (χ3n) is 4.77. The molecule has 0 amide bonds. The number of benzene rings is 1. The average molecular weight is 373 g/mol. The Morgan fingerprint density at radius 3 is 2.56 bits per heavy atom. The lowest BCUT2D eigenvalue weighted by Crippen LogP contribution is -2.31. The molecule has 1 aliphatic heterocycles. The molecule has 4 rings (SSSR count). The highest BCUT2D eigenvalue weighted by molar-refractivity contribution is 5.56. The van der Waals surface area contributed by atoms with Gasteiger partial charge in [0.15, 0.2) is 5.82 Å². The molecule has 8 heteroatoms. The number of hydrogen-bond acceptors (Lipinski definition) is 4. The first-order valence-corrected chi connectivity index (χ1v) is 8.61. The van der Waals surface area contributed by atoms with Crippen LogP contribution < -0.4 is 0 Å². The molecule has 0 N–H and O–H groups in total. The van der Waals surface area contributed by atoms with Gasteiger partial charge in [-0.05, 0) is 12.1 Å². The second-order valence-corrected chi connectivity index (χ2v) is 6.66. The summed E-state index contributed by atoms with van der Waals surface area (Å²) in [6, 6.07) is 4.96. The molecule has 5 nitrogen and oxygen atoms in total. The van der Waals surface area contributed by atoms with Gasteiger partial charge in [-0.15, -0.1) is 0 Å². The van der Waals surface area contributed by atoms with E-state index in [1.54, 1.807) is 12.4 Å². The minimum atomic E-state index is -4.34. The van der Waals surface area contributed by atoms with Gasteiger partial charge in [-0.25, -0.2) is 15.0 Å². The molecule has 2 aromatic heterocycles. The zero-order chi connectivity index (χ0) is 19.0. The lowest BCUT2D eigenvalue weighted by atomic mass is 10.1. The molecule has 1 aromatic carbocycles. The van der Waals surface area contributed by atoms with Crippen LogP contribution in [0.25, 0.3) is 11.4 Å². The lowest BCUT2D eigenvalue weighted by Gasteiger charge is -2.27. The third kappa shape index (κ3) is 3.71. The molecule has 140 valence electrons. The minimum absolute atomic E-state index is 0.458. The van der Waals surface area contributed by atoms with E-state index in [0.717, 1.165) is 55.3 Å². The number of halogens is 3. The van der Waals surface area contributed by atoms with Crippen molar-refractivity contribution < 1.29 is 13.2 Å². The molecule has 0 atom stereocenters. The van der Waals surface area contributed by atoms with Crippen LogP contribution in [0.1, 0.15) is 22.6 Å². The van der Waals surface area contributed by atoms with Crippen LogP contribution in [0.3, 0.4) is 0 Å². The summed E-state index contributed by atoms with van der Waals surface area (Å²) in [7, 11) is 1.97. The van der Waals surface area contributed by atoms with Gasteiger partial charge in [0.05, 0.1) is 17.8 Å². The number of alkyl halides is 3. The molecular weight excluding hydrogens is 355 g/mol. The van der Waals surface area contributed by atoms with Gasteiger partial charge in [0.1, 0.15) is 5.82 Å². The molecule has 3 aromatic rings. The van der Waals surface area contributed by atoms with Crippen molar-refractivity contribution in [2.75, 3.05) is 6.54 Å². The van der Waals surface area contributed by atoms with Gasteiger partial charge in [-0.3, -0.25) is 4.90 Å². The van der Waals surface area contributed by atoms with Crippen LogP contribution in [0, 0.1) is 0 Å². The Kier molecular flexibility index (Phi) is 4.43. The predicted octanol–water partition coefficient (Wildman–Crippen LogP) is 3.45. The fourth-order valence-electron chi connectivity index (χ4n) is 3.21. The second kappa shape index (κ2) is 6.77. The normalized spacial score (nSPS) is 15.0. The van der Waals surface area contributed by atoms with Crippen LogP contribution in [-0.4, -0.2) is 31.0 Å². The Balaban J connectivity index is 1.51. The molecule has 0 radical (unpaired) electrons. The zero-order valence-corrected chi connectivity index (χ0v) is 14.7. The molecule has 0 spiro atoms. The van der Waals surface area contributed by atoms with Crippen molar-refractivity contribution in [2.45, 2.75) is 25.7 Å². The van der Waals surface area contributed by atoms with Crippen LogP contribution >= 0.6 is 0 Å². The number of rotatable bonds is 3. The largest absolute Gasteiger partial charge is 0.416 e. The summed E-state index contributed by atoms with van der Waals surface area (Å²) in [4.78, 5) is 15.6. The first-order valence-electron chi connectivity index (χ1n) is 8.61. The maximum atomic E-state index is 12.7. The Morgan fingerprint density at radius 1 is 1.11 bits per heavy atom. The number of imidazole rings is 1. The van der Waals surface area contributed by atoms with Gasteiger partial charge in [-0.2, -0.15) is 13.2 Å². The highest BCUT2D eigenvalue weighted by atomic mass is 19.4. The number of hydrogen-bond donors (Lipinski definition) is 0. The first kappa shape index (κ1) is 17.7. The van der Waals surface area contributed by atoms with E-state index in [0.29, 0.717) is 11.4 Å². The first-order chi connectivity index (χ1) is 12.9. The highest BCUT2D eigenvalue weighted by Crippen LogP contribution is 2.30. The molecule has 0 saturated heterocycles. The lowest BCUT2D eigenvalue weighted by molar-refractivity contribution is -0.137. The van der Waals surface area contributed by atoms with Crippen molar-refractivity contribution >= 4 is 0 Å². The molecule has 1 aliphatic rings. The van der Waals surface area contributed by atoms with Crippen LogP contribution in [-0.2, 0) is 32.7 Å². The van der Waals surface area contributed by atoms with E-state index >= 15 is 0 Å². The number of aromatic nitrogens is 4. The second-order valence-electron chi connectivity index (χ2n) is 6.66. The fraction of sp³-hybridized carbons (Fsp3) is 0.316. The van der Waals surface area contributed by atoms with E-state index in [-0.39, 0.29) is 0 Å². The van der Waals surface area contributed by atoms with Gasteiger partial charge in [0.25, 0.3) is 0 Å². The van der Waals surface area contributed by atoms with Crippen LogP contribution in [0.2, 0.25) is 0 Å². The van der Waals surface area contributed by atoms with E-state index in [1.807, 2.05) is 17.8 Å². The summed E-state index contributed by atoms with van der Waals surface area (Å²) in [6.45, 7) is 2.34. The molecule has 0 bridgehead atoms. The molecule has 0 saturated carbocycles. The Morgan fingerprint density at radius 2 is 1.89 bits per heavy atom. The number of aryl methyl sites for hydroxylation is 1. The minimum Gasteiger partial charge on any atom is -0.337 e. The molecule has 0 aliphatic carbocycles. The van der Waals surface area contributed by atoms with E-state index < -0.39 is 11.7 Å². The van der Waals surface area contributed by atoms with Gasteiger partial charge in [-0.1, -0.05) is 12.1 Å². The van der Waals surface area contributed by atoms with E-state index in [2.05, 4.69) is 19.9 Å². The molecular formula is C19H18F3N5. The maximum absolute atomic E-state index is 12.7. The fourth-order valence-corrected chi connectivity index (χ4v) is 3.21. The molecule has 27 heavy (non-hydrogen) atoms. The van der Waals surface area contributed by atoms with Crippen molar-refractivity contribution in [1.29, 1.82) is 0 Å². The van der Waals surface area contributed by atoms with E-state index in [1.165, 1.54) is 12.1 Å². The van der Waals surface area contributed by atoms with Crippen molar-refractivity contribution in [2.24, 2.45) is 7.05 Å². The van der Waals surface area contributed by atoms with E-state index in [9.17, 15) is 13.2 Å². The van der Waals surface area contributed by atoms with E-state index in [4.69, 9.17) is 0 Å². The average Bonchev–Trinajstić information content (AvgIpc) is 3.05. The van der Waals surface area contributed by atoms with Gasteiger partial charge < -0.3 is 4.57 Å². The SMILES string of the molecule is Cn1ccnc1CN1CCc2nc(-c3ccc(C(F)(F)F)cc3)ncc2C1. The van der Waals surface area contributed by atoms with Crippen molar-refractivity contribution in [1.82, 2.24) is 24.4 Å². The van der Waals surface area contributed by atoms with Crippen LogP contribution in [0.15, 0.2) is 42.9 Å². The quantitative estimate of drug-likeness (QED) is 0.706. The summed E-state index contributed by atoms with van der Waals surface area (Å²) < 4.78 is 40.1. The van der Waals surface area contributed by atoms with Crippen molar-refractivity contribution in [3.8, 4) is 11.4 Å². The maximum Gasteiger partial charge on any atom is 0.416 e. The predicted molar refractivity (Wildman–Crippen MR) is 93.5 cm³/mol. The number of nitrogens with zero attached hydrogens (tertiary/aromatic N) is 5. The summed E-state index contributed by atoms with van der Waals surface area (Å²) in [5.74, 6) is 1.46. The highest BCUT2D eigenvalue weighted by Gasteiger charge is 2.30. The smallest absolute Gasteiger partial charge is 0.337 e. The monoisotopic (exact) mass is 373 g/mol.